The summed E-state index contributed by atoms with van der Waals surface area (Å²) in [5, 5.41) is 5.80. The van der Waals surface area contributed by atoms with Crippen molar-refractivity contribution in [1.82, 2.24) is 10.2 Å². The first-order valence-corrected chi connectivity index (χ1v) is 9.41. The Morgan fingerprint density at radius 3 is 2.84 bits per heavy atom. The predicted molar refractivity (Wildman–Crippen MR) is 98.2 cm³/mol. The summed E-state index contributed by atoms with van der Waals surface area (Å²) in [6, 6.07) is 7.47. The van der Waals surface area contributed by atoms with Gasteiger partial charge in [-0.3, -0.25) is 4.90 Å². The van der Waals surface area contributed by atoms with Crippen molar-refractivity contribution in [3.05, 3.63) is 24.3 Å². The number of hydrogen-bond acceptors (Lipinski definition) is 4. The molecule has 1 aromatic rings. The van der Waals surface area contributed by atoms with Crippen molar-refractivity contribution in [2.24, 2.45) is 0 Å². The maximum Gasteiger partial charge on any atom is 0.319 e. The summed E-state index contributed by atoms with van der Waals surface area (Å²) in [5.74, 6) is 0.831. The number of carbonyl (C=O) groups excluding carboxylic acids is 1. The number of ether oxygens (including phenoxy) is 2. The van der Waals surface area contributed by atoms with Gasteiger partial charge in [0.25, 0.3) is 0 Å². The lowest BCUT2D eigenvalue weighted by Gasteiger charge is -2.26. The molecular weight excluding hydrogens is 318 g/mol. The molecule has 6 nitrogen and oxygen atoms in total. The number of nitrogens with one attached hydrogen (secondary N) is 2. The highest BCUT2D eigenvalue weighted by Gasteiger charge is 2.16. The number of urea groups is 1. The lowest BCUT2D eigenvalue weighted by molar-refractivity contribution is 0.0375. The van der Waals surface area contributed by atoms with Gasteiger partial charge in [-0.25, -0.2) is 4.79 Å². The van der Waals surface area contributed by atoms with Crippen LogP contribution in [-0.2, 0) is 4.74 Å². The van der Waals surface area contributed by atoms with Crippen LogP contribution in [0.2, 0.25) is 0 Å². The average Bonchev–Trinajstić information content (AvgIpc) is 3.13. The summed E-state index contributed by atoms with van der Waals surface area (Å²) in [6.07, 6.45) is 6.01. The third-order valence-electron chi connectivity index (χ3n) is 4.74. The fraction of sp³-hybridized carbons (Fsp3) is 0.632. The molecule has 1 heterocycles. The van der Waals surface area contributed by atoms with Gasteiger partial charge in [-0.15, -0.1) is 0 Å². The minimum Gasteiger partial charge on any atom is -0.490 e. The van der Waals surface area contributed by atoms with Crippen molar-refractivity contribution in [3.63, 3.8) is 0 Å². The van der Waals surface area contributed by atoms with E-state index in [-0.39, 0.29) is 6.03 Å². The van der Waals surface area contributed by atoms with E-state index in [9.17, 15) is 4.79 Å². The fourth-order valence-electron chi connectivity index (χ4n) is 3.35. The normalized spacial score (nSPS) is 18.9. The summed E-state index contributed by atoms with van der Waals surface area (Å²) in [5.41, 5.74) is 0.765. The number of carbonyl (C=O) groups is 1. The molecular formula is C19H29N3O3. The fourth-order valence-corrected chi connectivity index (χ4v) is 3.35. The Morgan fingerprint density at radius 1 is 1.24 bits per heavy atom. The van der Waals surface area contributed by atoms with E-state index in [4.69, 9.17) is 9.47 Å². The molecule has 0 aromatic heterocycles. The van der Waals surface area contributed by atoms with E-state index in [1.54, 1.807) is 0 Å². The molecule has 1 aliphatic heterocycles. The predicted octanol–water partition coefficient (Wildman–Crippen LogP) is 2.85. The maximum atomic E-state index is 12.0. The van der Waals surface area contributed by atoms with E-state index in [1.165, 1.54) is 12.8 Å². The van der Waals surface area contributed by atoms with Gasteiger partial charge in [-0.2, -0.15) is 0 Å². The summed E-state index contributed by atoms with van der Waals surface area (Å²) < 4.78 is 11.3. The van der Waals surface area contributed by atoms with Gasteiger partial charge in [0.2, 0.25) is 0 Å². The van der Waals surface area contributed by atoms with Gasteiger partial charge in [0.15, 0.2) is 0 Å². The largest absolute Gasteiger partial charge is 0.490 e. The topological polar surface area (TPSA) is 62.8 Å². The summed E-state index contributed by atoms with van der Waals surface area (Å²) in [6.45, 7) is 5.26. The number of rotatable bonds is 7. The smallest absolute Gasteiger partial charge is 0.319 e. The van der Waals surface area contributed by atoms with E-state index < -0.39 is 0 Å². The molecule has 0 bridgehead atoms. The second-order valence-corrected chi connectivity index (χ2v) is 6.74. The molecule has 1 saturated carbocycles. The summed E-state index contributed by atoms with van der Waals surface area (Å²) >= 11 is 0. The van der Waals surface area contributed by atoms with Crippen LogP contribution >= 0.6 is 0 Å². The second-order valence-electron chi connectivity index (χ2n) is 6.74. The molecule has 2 fully saturated rings. The van der Waals surface area contributed by atoms with Crippen molar-refractivity contribution in [2.45, 2.75) is 38.2 Å². The van der Waals surface area contributed by atoms with Gasteiger partial charge < -0.3 is 20.1 Å². The molecule has 1 saturated heterocycles. The molecule has 3 rings (SSSR count). The third kappa shape index (κ3) is 6.21. The van der Waals surface area contributed by atoms with E-state index >= 15 is 0 Å². The monoisotopic (exact) mass is 347 g/mol. The molecule has 1 aliphatic carbocycles. The Morgan fingerprint density at radius 2 is 2.04 bits per heavy atom. The number of hydrogen-bond donors (Lipinski definition) is 2. The molecule has 25 heavy (non-hydrogen) atoms. The first-order chi connectivity index (χ1) is 12.3. The average molecular weight is 347 g/mol. The summed E-state index contributed by atoms with van der Waals surface area (Å²) in [7, 11) is 0. The van der Waals surface area contributed by atoms with Crippen LogP contribution in [-0.4, -0.2) is 56.4 Å². The van der Waals surface area contributed by atoms with Crippen LogP contribution in [0.4, 0.5) is 10.5 Å². The van der Waals surface area contributed by atoms with Crippen molar-refractivity contribution >= 4 is 11.7 Å². The van der Waals surface area contributed by atoms with Crippen LogP contribution < -0.4 is 15.4 Å². The van der Waals surface area contributed by atoms with Crippen LogP contribution in [0, 0.1) is 0 Å². The molecule has 0 spiro atoms. The van der Waals surface area contributed by atoms with Crippen molar-refractivity contribution in [3.8, 4) is 5.75 Å². The van der Waals surface area contributed by atoms with Crippen LogP contribution in [0.1, 0.15) is 32.1 Å². The van der Waals surface area contributed by atoms with E-state index in [0.29, 0.717) is 12.6 Å². The molecule has 138 valence electrons. The molecule has 6 heteroatoms. The highest BCUT2D eigenvalue weighted by Crippen LogP contribution is 2.25. The number of nitrogens with zero attached hydrogens (tertiary/aromatic N) is 1. The first kappa shape index (κ1) is 18.0. The molecule has 0 atom stereocenters. The molecule has 2 N–H and O–H groups in total. The second kappa shape index (κ2) is 9.63. The zero-order valence-electron chi connectivity index (χ0n) is 14.8. The lowest BCUT2D eigenvalue weighted by Crippen LogP contribution is -2.38. The van der Waals surface area contributed by atoms with Gasteiger partial charge >= 0.3 is 6.03 Å². The van der Waals surface area contributed by atoms with Crippen LogP contribution in [0.3, 0.4) is 0 Å². The Hall–Kier alpha value is -1.79. The Kier molecular flexibility index (Phi) is 6.94. The Balaban J connectivity index is 1.35. The molecule has 0 radical (unpaired) electrons. The highest BCUT2D eigenvalue weighted by molar-refractivity contribution is 5.89. The van der Waals surface area contributed by atoms with Crippen LogP contribution in [0.5, 0.6) is 5.75 Å². The lowest BCUT2D eigenvalue weighted by atomic mass is 10.2. The van der Waals surface area contributed by atoms with Crippen molar-refractivity contribution in [1.29, 1.82) is 0 Å². The van der Waals surface area contributed by atoms with Gasteiger partial charge in [0, 0.05) is 31.4 Å². The number of morpholine rings is 1. The quantitative estimate of drug-likeness (QED) is 0.745. The van der Waals surface area contributed by atoms with Crippen LogP contribution in [0.15, 0.2) is 24.3 Å². The third-order valence-corrected chi connectivity index (χ3v) is 4.74. The number of anilines is 1. The highest BCUT2D eigenvalue weighted by atomic mass is 16.5. The van der Waals surface area contributed by atoms with Crippen LogP contribution in [0.25, 0.3) is 0 Å². The van der Waals surface area contributed by atoms with E-state index in [2.05, 4.69) is 15.5 Å². The minimum absolute atomic E-state index is 0.167. The summed E-state index contributed by atoms with van der Waals surface area (Å²) in [4.78, 5) is 14.4. The molecule has 0 unspecified atom stereocenters. The zero-order chi connectivity index (χ0) is 17.3. The Labute approximate surface area is 149 Å². The number of amides is 2. The Bertz CT molecular complexity index is 540. The molecule has 2 amide bonds. The SMILES string of the molecule is O=C(NCCCN1CCOCC1)Nc1cccc(OC2CCCC2)c1. The van der Waals surface area contributed by atoms with E-state index in [0.717, 1.165) is 63.5 Å². The number of benzene rings is 1. The van der Waals surface area contributed by atoms with E-state index in [1.807, 2.05) is 24.3 Å². The molecule has 1 aromatic carbocycles. The molecule has 2 aliphatic rings. The van der Waals surface area contributed by atoms with Crippen molar-refractivity contribution < 1.29 is 14.3 Å². The van der Waals surface area contributed by atoms with Crippen molar-refractivity contribution in [2.75, 3.05) is 44.7 Å². The standard InChI is InChI=1S/C19H29N3O3/c23-19(20-9-4-10-22-11-13-24-14-12-22)21-16-5-3-8-18(15-16)25-17-6-1-2-7-17/h3,5,8,15,17H,1-2,4,6-7,9-14H2,(H2,20,21,23). The van der Waals surface area contributed by atoms with Gasteiger partial charge in [-0.05, 0) is 50.8 Å². The van der Waals surface area contributed by atoms with Gasteiger partial charge in [-0.1, -0.05) is 6.07 Å². The van der Waals surface area contributed by atoms with Gasteiger partial charge in [0.05, 0.1) is 19.3 Å². The zero-order valence-corrected chi connectivity index (χ0v) is 14.8. The maximum absolute atomic E-state index is 12.0. The van der Waals surface area contributed by atoms with Gasteiger partial charge in [0.1, 0.15) is 5.75 Å². The minimum atomic E-state index is -0.167. The first-order valence-electron chi connectivity index (χ1n) is 9.41.